The second-order valence-corrected chi connectivity index (χ2v) is 4.81. The molecule has 0 unspecified atom stereocenters. The minimum atomic E-state index is -0.930. The van der Waals surface area contributed by atoms with E-state index in [9.17, 15) is 19.2 Å². The zero-order valence-corrected chi connectivity index (χ0v) is 13.0. The zero-order chi connectivity index (χ0) is 17.9. The van der Waals surface area contributed by atoms with Crippen molar-refractivity contribution in [2.75, 3.05) is 19.5 Å². The van der Waals surface area contributed by atoms with Gasteiger partial charge in [0.15, 0.2) is 6.61 Å². The lowest BCUT2D eigenvalue weighted by Crippen LogP contribution is -2.35. The van der Waals surface area contributed by atoms with E-state index in [2.05, 4.69) is 0 Å². The molecular formula is C15H15N3O6. The van der Waals surface area contributed by atoms with Crippen LogP contribution in [0.25, 0.3) is 0 Å². The van der Waals surface area contributed by atoms with E-state index in [1.807, 2.05) is 4.98 Å². The van der Waals surface area contributed by atoms with Crippen molar-refractivity contribution in [1.29, 1.82) is 0 Å². The van der Waals surface area contributed by atoms with Gasteiger partial charge in [0.1, 0.15) is 17.1 Å². The number of rotatable bonds is 5. The Morgan fingerprint density at radius 2 is 1.83 bits per heavy atom. The maximum absolute atomic E-state index is 12.1. The number of esters is 1. The molecule has 9 nitrogen and oxygen atoms in total. The summed E-state index contributed by atoms with van der Waals surface area (Å²) in [6.45, 7) is -0.684. The lowest BCUT2D eigenvalue weighted by molar-refractivity contribution is 0.0474. The van der Waals surface area contributed by atoms with Crippen molar-refractivity contribution in [3.63, 3.8) is 0 Å². The van der Waals surface area contributed by atoms with Crippen molar-refractivity contribution in [3.05, 3.63) is 56.2 Å². The number of carbonyl (C=O) groups is 2. The number of ketones is 1. The first kappa shape index (κ1) is 17.0. The number of nitrogens with two attached hydrogens (primary N) is 1. The number of hydrogen-bond acceptors (Lipinski definition) is 7. The number of carbonyl (C=O) groups excluding carboxylic acids is 2. The summed E-state index contributed by atoms with van der Waals surface area (Å²) in [5, 5.41) is 0. The summed E-state index contributed by atoms with van der Waals surface area (Å²) in [4.78, 5) is 49.0. The lowest BCUT2D eigenvalue weighted by atomic mass is 10.2. The molecular weight excluding hydrogens is 318 g/mol. The Bertz CT molecular complexity index is 895. The third-order valence-corrected chi connectivity index (χ3v) is 3.31. The van der Waals surface area contributed by atoms with E-state index < -0.39 is 35.2 Å². The number of H-pyrrole nitrogens is 1. The molecule has 2 aromatic rings. The van der Waals surface area contributed by atoms with Crippen LogP contribution in [0.1, 0.15) is 20.7 Å². The summed E-state index contributed by atoms with van der Waals surface area (Å²) in [6, 6.07) is 6.07. The highest BCUT2D eigenvalue weighted by atomic mass is 16.5. The molecule has 0 saturated carbocycles. The molecule has 1 aromatic heterocycles. The van der Waals surface area contributed by atoms with Gasteiger partial charge in [-0.2, -0.15) is 0 Å². The van der Waals surface area contributed by atoms with E-state index in [-0.39, 0.29) is 11.4 Å². The van der Waals surface area contributed by atoms with Crippen molar-refractivity contribution in [3.8, 4) is 5.75 Å². The van der Waals surface area contributed by atoms with Crippen LogP contribution in [0.5, 0.6) is 5.75 Å². The highest BCUT2D eigenvalue weighted by Crippen LogP contribution is 2.12. The summed E-state index contributed by atoms with van der Waals surface area (Å²) >= 11 is 0. The molecule has 1 aromatic carbocycles. The SMILES string of the molecule is COc1ccc(C(=O)OCC(=O)c2c(N)n(C)c(=O)[nH]c2=O)cc1. The van der Waals surface area contributed by atoms with Crippen LogP contribution >= 0.6 is 0 Å². The second kappa shape index (κ2) is 6.82. The van der Waals surface area contributed by atoms with Gasteiger partial charge < -0.3 is 15.2 Å². The molecule has 0 radical (unpaired) electrons. The maximum Gasteiger partial charge on any atom is 0.338 e. The quantitative estimate of drug-likeness (QED) is 0.567. The average Bonchev–Trinajstić information content (AvgIpc) is 2.57. The van der Waals surface area contributed by atoms with Crippen molar-refractivity contribution in [1.82, 2.24) is 9.55 Å². The number of aromatic amines is 1. The Morgan fingerprint density at radius 1 is 1.21 bits per heavy atom. The van der Waals surface area contributed by atoms with Crippen molar-refractivity contribution in [2.45, 2.75) is 0 Å². The van der Waals surface area contributed by atoms with Crippen LogP contribution in [0.4, 0.5) is 5.82 Å². The fraction of sp³-hybridized carbons (Fsp3) is 0.200. The van der Waals surface area contributed by atoms with Gasteiger partial charge in [0, 0.05) is 7.05 Å². The monoisotopic (exact) mass is 333 g/mol. The average molecular weight is 333 g/mol. The van der Waals surface area contributed by atoms with Crippen molar-refractivity contribution in [2.24, 2.45) is 7.05 Å². The number of nitrogens with one attached hydrogen (secondary N) is 1. The summed E-state index contributed by atoms with van der Waals surface area (Å²) in [7, 11) is 2.79. The number of methoxy groups -OCH3 is 1. The summed E-state index contributed by atoms with van der Waals surface area (Å²) in [5.74, 6) is -1.29. The Hall–Kier alpha value is -3.36. The molecule has 0 saturated heterocycles. The summed E-state index contributed by atoms with van der Waals surface area (Å²) in [5.41, 5.74) is 3.71. The van der Waals surface area contributed by atoms with E-state index in [1.54, 1.807) is 12.1 Å². The number of aromatic nitrogens is 2. The van der Waals surface area contributed by atoms with E-state index in [0.29, 0.717) is 5.75 Å². The number of hydrogen-bond donors (Lipinski definition) is 2. The molecule has 0 aliphatic carbocycles. The topological polar surface area (TPSA) is 133 Å². The lowest BCUT2D eigenvalue weighted by Gasteiger charge is -2.08. The van der Waals surface area contributed by atoms with Gasteiger partial charge in [-0.15, -0.1) is 0 Å². The van der Waals surface area contributed by atoms with Gasteiger partial charge >= 0.3 is 11.7 Å². The smallest absolute Gasteiger partial charge is 0.338 e. The molecule has 126 valence electrons. The molecule has 9 heteroatoms. The molecule has 0 amide bonds. The van der Waals surface area contributed by atoms with E-state index in [0.717, 1.165) is 4.57 Å². The van der Waals surface area contributed by atoms with Gasteiger partial charge in [0.25, 0.3) is 5.56 Å². The first-order valence-electron chi connectivity index (χ1n) is 6.78. The van der Waals surface area contributed by atoms with E-state index in [4.69, 9.17) is 15.2 Å². The Kier molecular flexibility index (Phi) is 4.83. The molecule has 0 fully saturated rings. The van der Waals surface area contributed by atoms with Gasteiger partial charge in [0.2, 0.25) is 5.78 Å². The highest BCUT2D eigenvalue weighted by Gasteiger charge is 2.20. The molecule has 3 N–H and O–H groups in total. The van der Waals surface area contributed by atoms with E-state index in [1.165, 1.54) is 26.3 Å². The molecule has 0 bridgehead atoms. The van der Waals surface area contributed by atoms with Crippen molar-refractivity contribution >= 4 is 17.6 Å². The number of ether oxygens (including phenoxy) is 2. The molecule has 0 aliphatic heterocycles. The molecule has 2 rings (SSSR count). The normalized spacial score (nSPS) is 10.2. The van der Waals surface area contributed by atoms with Crippen LogP contribution in [0.2, 0.25) is 0 Å². The largest absolute Gasteiger partial charge is 0.497 e. The molecule has 1 heterocycles. The first-order chi connectivity index (χ1) is 11.3. The fourth-order valence-corrected chi connectivity index (χ4v) is 1.92. The van der Waals surface area contributed by atoms with Crippen molar-refractivity contribution < 1.29 is 19.1 Å². The fourth-order valence-electron chi connectivity index (χ4n) is 1.92. The van der Waals surface area contributed by atoms with Crippen LogP contribution in [0.15, 0.2) is 33.9 Å². The van der Waals surface area contributed by atoms with Gasteiger partial charge in [-0.3, -0.25) is 19.1 Å². The van der Waals surface area contributed by atoms with Crippen LogP contribution in [0, 0.1) is 0 Å². The van der Waals surface area contributed by atoms with Gasteiger partial charge in [-0.05, 0) is 24.3 Å². The molecule has 0 spiro atoms. The number of Topliss-reactive ketones (excluding diaryl/α,β-unsaturated/α-hetero) is 1. The van der Waals surface area contributed by atoms with Gasteiger partial charge in [-0.1, -0.05) is 0 Å². The van der Waals surface area contributed by atoms with Crippen LogP contribution in [-0.4, -0.2) is 35.0 Å². The Balaban J connectivity index is 2.13. The number of nitrogen functional groups attached to an aromatic ring is 1. The third kappa shape index (κ3) is 3.35. The zero-order valence-electron chi connectivity index (χ0n) is 13.0. The predicted octanol–water partition coefficient (Wildman–Crippen LogP) is -0.296. The third-order valence-electron chi connectivity index (χ3n) is 3.31. The van der Waals surface area contributed by atoms with E-state index >= 15 is 0 Å². The summed E-state index contributed by atoms with van der Waals surface area (Å²) in [6.07, 6.45) is 0. The minimum absolute atomic E-state index is 0.214. The highest BCUT2D eigenvalue weighted by molar-refractivity contribution is 6.02. The van der Waals surface area contributed by atoms with Crippen LogP contribution in [-0.2, 0) is 11.8 Å². The Labute approximate surface area is 135 Å². The van der Waals surface area contributed by atoms with Crippen LogP contribution in [0.3, 0.4) is 0 Å². The van der Waals surface area contributed by atoms with Gasteiger partial charge in [0.05, 0.1) is 12.7 Å². The number of benzene rings is 1. The second-order valence-electron chi connectivity index (χ2n) is 4.81. The van der Waals surface area contributed by atoms with Gasteiger partial charge in [-0.25, -0.2) is 9.59 Å². The molecule has 0 aliphatic rings. The number of anilines is 1. The standard InChI is InChI=1S/C15H15N3O6/c1-18-12(16)11(13(20)17-15(18)22)10(19)7-24-14(21)8-3-5-9(23-2)6-4-8/h3-6H,7,16H2,1-2H3,(H,17,20,22). The molecule has 24 heavy (non-hydrogen) atoms. The Morgan fingerprint density at radius 3 is 2.42 bits per heavy atom. The first-order valence-corrected chi connectivity index (χ1v) is 6.78. The summed E-state index contributed by atoms with van der Waals surface area (Å²) < 4.78 is 10.8. The predicted molar refractivity (Wildman–Crippen MR) is 84.3 cm³/mol. The minimum Gasteiger partial charge on any atom is -0.497 e. The van der Waals surface area contributed by atoms with Crippen LogP contribution < -0.4 is 21.7 Å². The molecule has 0 atom stereocenters. The maximum atomic E-state index is 12.1. The number of nitrogens with zero attached hydrogens (tertiary/aromatic N) is 1.